The minimum atomic E-state index is -0.228. The van der Waals surface area contributed by atoms with Crippen molar-refractivity contribution in [2.75, 3.05) is 13.2 Å². The van der Waals surface area contributed by atoms with Gasteiger partial charge in [-0.15, -0.1) is 0 Å². The molecule has 1 saturated heterocycles. The summed E-state index contributed by atoms with van der Waals surface area (Å²) in [7, 11) is 0. The van der Waals surface area contributed by atoms with E-state index in [0.717, 1.165) is 17.7 Å². The molecule has 1 amide bonds. The van der Waals surface area contributed by atoms with Gasteiger partial charge in [0.05, 0.1) is 18.2 Å². The highest BCUT2D eigenvalue weighted by Gasteiger charge is 2.19. The molecule has 5 nitrogen and oxygen atoms in total. The molecule has 7 heteroatoms. The summed E-state index contributed by atoms with van der Waals surface area (Å²) >= 11 is 10.9. The van der Waals surface area contributed by atoms with Gasteiger partial charge in [-0.3, -0.25) is 10.1 Å². The van der Waals surface area contributed by atoms with Gasteiger partial charge in [0.25, 0.3) is 5.91 Å². The lowest BCUT2D eigenvalue weighted by Crippen LogP contribution is -2.21. The molecule has 26 heavy (non-hydrogen) atoms. The Balaban J connectivity index is 1.43. The van der Waals surface area contributed by atoms with Crippen LogP contribution >= 0.6 is 23.8 Å². The predicted octanol–water partition coefficient (Wildman–Crippen LogP) is 3.53. The largest absolute Gasteiger partial charge is 0.493 e. The van der Waals surface area contributed by atoms with E-state index in [9.17, 15) is 4.79 Å². The van der Waals surface area contributed by atoms with Crippen molar-refractivity contribution in [3.8, 4) is 11.5 Å². The Hall–Kier alpha value is -2.57. The number of halogens is 1. The van der Waals surface area contributed by atoms with E-state index < -0.39 is 0 Å². The van der Waals surface area contributed by atoms with E-state index in [1.807, 2.05) is 42.5 Å². The summed E-state index contributed by atoms with van der Waals surface area (Å²) in [6.07, 6.45) is 2.47. The van der Waals surface area contributed by atoms with E-state index in [1.54, 1.807) is 12.1 Å². The first kappa shape index (κ1) is 18.2. The lowest BCUT2D eigenvalue weighted by molar-refractivity contribution is -0.115. The van der Waals surface area contributed by atoms with Crippen molar-refractivity contribution in [3.63, 3.8) is 0 Å². The number of rotatable bonds is 7. The number of para-hydroxylation sites is 1. The van der Waals surface area contributed by atoms with E-state index in [2.05, 4.69) is 10.6 Å². The van der Waals surface area contributed by atoms with Crippen LogP contribution in [0.5, 0.6) is 11.5 Å². The van der Waals surface area contributed by atoms with Gasteiger partial charge in [0, 0.05) is 6.42 Å². The van der Waals surface area contributed by atoms with Crippen molar-refractivity contribution in [2.24, 2.45) is 0 Å². The average molecular weight is 389 g/mol. The molecule has 0 aliphatic carbocycles. The van der Waals surface area contributed by atoms with E-state index in [-0.39, 0.29) is 5.91 Å². The third-order valence-corrected chi connectivity index (χ3v) is 4.08. The van der Waals surface area contributed by atoms with Gasteiger partial charge in [0.15, 0.2) is 5.11 Å². The zero-order valence-electron chi connectivity index (χ0n) is 13.8. The van der Waals surface area contributed by atoms with E-state index in [0.29, 0.717) is 34.8 Å². The number of thiocarbonyl (C=S) groups is 1. The zero-order valence-corrected chi connectivity index (χ0v) is 15.4. The molecule has 1 aliphatic rings. The lowest BCUT2D eigenvalue weighted by atomic mass is 10.2. The molecule has 0 aromatic heterocycles. The molecule has 2 aromatic rings. The number of hydrogen-bond donors (Lipinski definition) is 2. The zero-order chi connectivity index (χ0) is 18.4. The Bertz CT molecular complexity index is 837. The SMILES string of the molecule is O=C1NC(=S)N/C1=C\c1ccc(OCCCOc2ccccc2Cl)cc1. The maximum atomic E-state index is 11.6. The highest BCUT2D eigenvalue weighted by molar-refractivity contribution is 7.80. The molecule has 0 spiro atoms. The molecule has 1 fully saturated rings. The highest BCUT2D eigenvalue weighted by Crippen LogP contribution is 2.23. The minimum Gasteiger partial charge on any atom is -0.493 e. The van der Waals surface area contributed by atoms with Crippen LogP contribution in [0, 0.1) is 0 Å². The van der Waals surface area contributed by atoms with Gasteiger partial charge in [-0.1, -0.05) is 35.9 Å². The first-order chi connectivity index (χ1) is 12.6. The van der Waals surface area contributed by atoms with Crippen molar-refractivity contribution in [1.82, 2.24) is 10.6 Å². The third-order valence-electron chi connectivity index (χ3n) is 3.56. The molecule has 134 valence electrons. The third kappa shape index (κ3) is 4.97. The molecule has 1 aliphatic heterocycles. The van der Waals surface area contributed by atoms with Crippen molar-refractivity contribution in [1.29, 1.82) is 0 Å². The van der Waals surface area contributed by atoms with Crippen LogP contribution in [0.3, 0.4) is 0 Å². The van der Waals surface area contributed by atoms with Crippen LogP contribution < -0.4 is 20.1 Å². The van der Waals surface area contributed by atoms with E-state index in [4.69, 9.17) is 33.3 Å². The maximum absolute atomic E-state index is 11.6. The smallest absolute Gasteiger partial charge is 0.273 e. The normalized spacial score (nSPS) is 14.9. The molecule has 0 radical (unpaired) electrons. The molecule has 0 saturated carbocycles. The maximum Gasteiger partial charge on any atom is 0.273 e. The fraction of sp³-hybridized carbons (Fsp3) is 0.158. The molecule has 1 heterocycles. The number of carbonyl (C=O) groups excluding carboxylic acids is 1. The molecule has 2 aromatic carbocycles. The molecular weight excluding hydrogens is 372 g/mol. The number of benzene rings is 2. The van der Waals surface area contributed by atoms with E-state index in [1.165, 1.54) is 0 Å². The molecule has 0 unspecified atom stereocenters. The number of nitrogens with one attached hydrogen (secondary N) is 2. The Labute approximate surface area is 161 Å². The molecule has 0 atom stereocenters. The quantitative estimate of drug-likeness (QED) is 0.431. The summed E-state index contributed by atoms with van der Waals surface area (Å²) < 4.78 is 11.3. The highest BCUT2D eigenvalue weighted by atomic mass is 35.5. The Morgan fingerprint density at radius 2 is 1.73 bits per heavy atom. The number of hydrogen-bond acceptors (Lipinski definition) is 4. The van der Waals surface area contributed by atoms with E-state index >= 15 is 0 Å². The minimum absolute atomic E-state index is 0.228. The average Bonchev–Trinajstić information content (AvgIpc) is 2.95. The second-order valence-electron chi connectivity index (χ2n) is 5.52. The Morgan fingerprint density at radius 3 is 2.42 bits per heavy atom. The summed E-state index contributed by atoms with van der Waals surface area (Å²) in [5, 5.41) is 6.25. The second kappa shape index (κ2) is 8.69. The summed E-state index contributed by atoms with van der Waals surface area (Å²) in [5.41, 5.74) is 1.31. The fourth-order valence-electron chi connectivity index (χ4n) is 2.30. The molecule has 3 rings (SSSR count). The van der Waals surface area contributed by atoms with Crippen LogP contribution in [-0.4, -0.2) is 24.2 Å². The summed E-state index contributed by atoms with van der Waals surface area (Å²) in [6, 6.07) is 14.8. The standard InChI is InChI=1S/C19H17ClN2O3S/c20-15-4-1-2-5-17(15)25-11-3-10-24-14-8-6-13(7-9-14)12-16-18(23)22-19(26)21-16/h1-2,4-9,12H,3,10-11H2,(H2,21,22,23,26)/b16-12-. The van der Waals surface area contributed by atoms with Crippen molar-refractivity contribution >= 4 is 40.9 Å². The van der Waals surface area contributed by atoms with Crippen LogP contribution in [-0.2, 0) is 4.79 Å². The summed E-state index contributed by atoms with van der Waals surface area (Å²) in [5.74, 6) is 1.20. The number of ether oxygens (including phenoxy) is 2. The topological polar surface area (TPSA) is 59.6 Å². The number of amides is 1. The van der Waals surface area contributed by atoms with Gasteiger partial charge >= 0.3 is 0 Å². The Morgan fingerprint density at radius 1 is 1.00 bits per heavy atom. The van der Waals surface area contributed by atoms with Crippen molar-refractivity contribution in [3.05, 3.63) is 64.8 Å². The summed E-state index contributed by atoms with van der Waals surface area (Å²) in [6.45, 7) is 1.05. The Kier molecular flexibility index (Phi) is 6.09. The second-order valence-corrected chi connectivity index (χ2v) is 6.33. The van der Waals surface area contributed by atoms with Gasteiger partial charge in [-0.05, 0) is 48.1 Å². The first-order valence-electron chi connectivity index (χ1n) is 8.06. The molecule has 2 N–H and O–H groups in total. The van der Waals surface area contributed by atoms with Crippen LogP contribution in [0.4, 0.5) is 0 Å². The van der Waals surface area contributed by atoms with Crippen molar-refractivity contribution < 1.29 is 14.3 Å². The van der Waals surface area contributed by atoms with Gasteiger partial charge in [0.2, 0.25) is 0 Å². The molecular formula is C19H17ClN2O3S. The van der Waals surface area contributed by atoms with Crippen molar-refractivity contribution in [2.45, 2.75) is 6.42 Å². The van der Waals surface area contributed by atoms with Crippen LogP contribution in [0.1, 0.15) is 12.0 Å². The molecule has 0 bridgehead atoms. The monoisotopic (exact) mass is 388 g/mol. The van der Waals surface area contributed by atoms with Gasteiger partial charge in [-0.2, -0.15) is 0 Å². The lowest BCUT2D eigenvalue weighted by Gasteiger charge is -2.09. The van der Waals surface area contributed by atoms with Gasteiger partial charge in [0.1, 0.15) is 17.2 Å². The van der Waals surface area contributed by atoms with Gasteiger partial charge < -0.3 is 14.8 Å². The summed E-state index contributed by atoms with van der Waals surface area (Å²) in [4.78, 5) is 11.6. The van der Waals surface area contributed by atoms with Crippen LogP contribution in [0.25, 0.3) is 6.08 Å². The predicted molar refractivity (Wildman–Crippen MR) is 105 cm³/mol. The fourth-order valence-corrected chi connectivity index (χ4v) is 2.70. The van der Waals surface area contributed by atoms with Gasteiger partial charge in [-0.25, -0.2) is 0 Å². The van der Waals surface area contributed by atoms with Crippen LogP contribution in [0.15, 0.2) is 54.2 Å². The van der Waals surface area contributed by atoms with Crippen LogP contribution in [0.2, 0.25) is 5.02 Å². The first-order valence-corrected chi connectivity index (χ1v) is 8.85. The number of carbonyl (C=O) groups is 1.